The highest BCUT2D eigenvalue weighted by Gasteiger charge is 2.53. The number of aromatic nitrogens is 2. The van der Waals surface area contributed by atoms with Crippen LogP contribution in [0.3, 0.4) is 0 Å². The minimum absolute atomic E-state index is 0.165. The summed E-state index contributed by atoms with van der Waals surface area (Å²) in [5, 5.41) is 7.52. The topological polar surface area (TPSA) is 46.9 Å². The number of terminal acetylenes is 1. The number of hydrogen-bond donors (Lipinski definition) is 1. The molecular weight excluding hydrogens is 262 g/mol. The third-order valence-corrected chi connectivity index (χ3v) is 4.48. The summed E-state index contributed by atoms with van der Waals surface area (Å²) >= 11 is 6.06. The van der Waals surface area contributed by atoms with Gasteiger partial charge in [0.2, 0.25) is 0 Å². The first-order valence-corrected chi connectivity index (χ1v) is 6.97. The van der Waals surface area contributed by atoms with E-state index in [4.69, 9.17) is 18.0 Å². The number of anilines is 1. The summed E-state index contributed by atoms with van der Waals surface area (Å²) in [5.41, 5.74) is 0.603. The van der Waals surface area contributed by atoms with E-state index in [9.17, 15) is 4.79 Å². The van der Waals surface area contributed by atoms with E-state index in [1.165, 1.54) is 36.6 Å². The molecular formula is C14H16ClN3O. The van der Waals surface area contributed by atoms with Crippen molar-refractivity contribution >= 4 is 17.3 Å². The van der Waals surface area contributed by atoms with Gasteiger partial charge in [-0.05, 0) is 37.0 Å². The molecule has 2 aliphatic carbocycles. The maximum absolute atomic E-state index is 12.2. The minimum Gasteiger partial charge on any atom is -0.379 e. The van der Waals surface area contributed by atoms with E-state index in [2.05, 4.69) is 16.3 Å². The van der Waals surface area contributed by atoms with Gasteiger partial charge in [-0.3, -0.25) is 4.79 Å². The molecule has 100 valence electrons. The first kappa shape index (κ1) is 12.6. The third kappa shape index (κ3) is 2.35. The highest BCUT2D eigenvalue weighted by atomic mass is 35.5. The van der Waals surface area contributed by atoms with Crippen LogP contribution in [0, 0.1) is 23.7 Å². The molecule has 0 aromatic carbocycles. The highest BCUT2D eigenvalue weighted by molar-refractivity contribution is 6.33. The zero-order valence-electron chi connectivity index (χ0n) is 10.7. The van der Waals surface area contributed by atoms with Crippen LogP contribution in [-0.2, 0) is 6.54 Å². The molecule has 0 saturated heterocycles. The molecule has 1 heterocycles. The summed E-state index contributed by atoms with van der Waals surface area (Å²) in [6.45, 7) is 0.991. The zero-order chi connectivity index (χ0) is 13.5. The Kier molecular flexibility index (Phi) is 3.02. The molecule has 1 N–H and O–H groups in total. The van der Waals surface area contributed by atoms with Crippen molar-refractivity contribution < 1.29 is 0 Å². The van der Waals surface area contributed by atoms with Crippen molar-refractivity contribution in [2.45, 2.75) is 32.2 Å². The van der Waals surface area contributed by atoms with Crippen LogP contribution in [0.25, 0.3) is 0 Å². The number of nitrogens with one attached hydrogen (secondary N) is 1. The van der Waals surface area contributed by atoms with Gasteiger partial charge in [0.1, 0.15) is 12.2 Å². The lowest BCUT2D eigenvalue weighted by Crippen LogP contribution is -2.28. The molecule has 4 nitrogen and oxygen atoms in total. The Morgan fingerprint density at radius 1 is 1.58 bits per heavy atom. The van der Waals surface area contributed by atoms with Gasteiger partial charge in [0.25, 0.3) is 5.56 Å². The van der Waals surface area contributed by atoms with Crippen LogP contribution in [0.5, 0.6) is 0 Å². The highest BCUT2D eigenvalue weighted by Crippen LogP contribution is 2.61. The Balaban J connectivity index is 1.78. The lowest BCUT2D eigenvalue weighted by atomic mass is 10.0. The quantitative estimate of drug-likeness (QED) is 0.839. The molecule has 0 spiro atoms. The monoisotopic (exact) mass is 277 g/mol. The standard InChI is InChI=1S/C14H16ClN3O/c1-2-7-18-13(19)12(11(15)8-17-18)16-9-14(5-6-14)10-3-4-10/h1,8,10,16H,3-7,9H2. The molecule has 0 bridgehead atoms. The molecule has 1 aromatic rings. The predicted molar refractivity (Wildman–Crippen MR) is 75.2 cm³/mol. The van der Waals surface area contributed by atoms with E-state index in [1.54, 1.807) is 0 Å². The molecule has 2 fully saturated rings. The average molecular weight is 278 g/mol. The van der Waals surface area contributed by atoms with E-state index in [0.29, 0.717) is 16.1 Å². The van der Waals surface area contributed by atoms with Gasteiger partial charge in [-0.15, -0.1) is 6.42 Å². The second-order valence-electron chi connectivity index (χ2n) is 5.52. The van der Waals surface area contributed by atoms with Crippen LogP contribution in [0.15, 0.2) is 11.0 Å². The molecule has 0 amide bonds. The summed E-state index contributed by atoms with van der Waals surface area (Å²) in [6, 6.07) is 0. The summed E-state index contributed by atoms with van der Waals surface area (Å²) in [6.07, 6.45) is 11.9. The van der Waals surface area contributed by atoms with Crippen LogP contribution in [-0.4, -0.2) is 16.3 Å². The molecule has 0 unspecified atom stereocenters. The van der Waals surface area contributed by atoms with Gasteiger partial charge in [-0.2, -0.15) is 5.10 Å². The first-order chi connectivity index (χ1) is 9.16. The predicted octanol–water partition coefficient (Wildman–Crippen LogP) is 2.13. The summed E-state index contributed by atoms with van der Waals surface area (Å²) < 4.78 is 1.25. The molecule has 5 heteroatoms. The molecule has 3 rings (SSSR count). The van der Waals surface area contributed by atoms with E-state index < -0.39 is 0 Å². The summed E-state index contributed by atoms with van der Waals surface area (Å²) in [5.74, 6) is 3.26. The van der Waals surface area contributed by atoms with E-state index >= 15 is 0 Å². The average Bonchev–Trinajstić information content (AvgIpc) is 3.26. The SMILES string of the molecule is C#CCn1ncc(Cl)c(NCC2(C3CC3)CC2)c1=O. The summed E-state index contributed by atoms with van der Waals surface area (Å²) in [7, 11) is 0. The normalized spacial score (nSPS) is 19.8. The fourth-order valence-corrected chi connectivity index (χ4v) is 2.87. The Morgan fingerprint density at radius 3 is 2.89 bits per heavy atom. The molecule has 2 saturated carbocycles. The Morgan fingerprint density at radius 2 is 2.32 bits per heavy atom. The van der Waals surface area contributed by atoms with Crippen LogP contribution in [0.2, 0.25) is 5.02 Å². The van der Waals surface area contributed by atoms with Gasteiger partial charge < -0.3 is 5.32 Å². The van der Waals surface area contributed by atoms with Gasteiger partial charge in [-0.1, -0.05) is 17.5 Å². The van der Waals surface area contributed by atoms with Gasteiger partial charge in [0, 0.05) is 6.54 Å². The van der Waals surface area contributed by atoms with Gasteiger partial charge in [0.15, 0.2) is 0 Å². The van der Waals surface area contributed by atoms with Gasteiger partial charge >= 0.3 is 0 Å². The molecule has 0 atom stereocenters. The first-order valence-electron chi connectivity index (χ1n) is 6.59. The summed E-state index contributed by atoms with van der Waals surface area (Å²) in [4.78, 5) is 12.2. The van der Waals surface area contributed by atoms with Crippen LogP contribution >= 0.6 is 11.6 Å². The molecule has 1 aromatic heterocycles. The maximum atomic E-state index is 12.2. The Hall–Kier alpha value is -1.47. The van der Waals surface area contributed by atoms with E-state index in [0.717, 1.165) is 12.5 Å². The Bertz CT molecular complexity index is 594. The number of halogens is 1. The number of rotatable bonds is 5. The fraction of sp³-hybridized carbons (Fsp3) is 0.571. The van der Waals surface area contributed by atoms with Crippen LogP contribution in [0.1, 0.15) is 25.7 Å². The zero-order valence-corrected chi connectivity index (χ0v) is 11.4. The van der Waals surface area contributed by atoms with Crippen molar-refractivity contribution in [2.24, 2.45) is 11.3 Å². The van der Waals surface area contributed by atoms with Crippen molar-refractivity contribution in [2.75, 3.05) is 11.9 Å². The fourth-order valence-electron chi connectivity index (χ4n) is 2.68. The van der Waals surface area contributed by atoms with Gasteiger partial charge in [-0.25, -0.2) is 4.68 Å². The van der Waals surface area contributed by atoms with Crippen LogP contribution in [0.4, 0.5) is 5.69 Å². The molecule has 19 heavy (non-hydrogen) atoms. The maximum Gasteiger partial charge on any atom is 0.292 e. The molecule has 0 radical (unpaired) electrons. The second-order valence-corrected chi connectivity index (χ2v) is 5.93. The van der Waals surface area contributed by atoms with E-state index in [1.807, 2.05) is 0 Å². The van der Waals surface area contributed by atoms with Gasteiger partial charge in [0.05, 0.1) is 11.2 Å². The molecule has 2 aliphatic rings. The van der Waals surface area contributed by atoms with E-state index in [-0.39, 0.29) is 12.1 Å². The lowest BCUT2D eigenvalue weighted by molar-refractivity contribution is 0.466. The van der Waals surface area contributed by atoms with Crippen molar-refractivity contribution in [3.8, 4) is 12.3 Å². The minimum atomic E-state index is -0.239. The number of nitrogens with zero attached hydrogens (tertiary/aromatic N) is 2. The lowest BCUT2D eigenvalue weighted by Gasteiger charge is -2.16. The van der Waals surface area contributed by atoms with Crippen molar-refractivity contribution in [3.63, 3.8) is 0 Å². The largest absolute Gasteiger partial charge is 0.379 e. The second kappa shape index (κ2) is 4.57. The Labute approximate surface area is 117 Å². The van der Waals surface area contributed by atoms with Crippen molar-refractivity contribution in [3.05, 3.63) is 21.6 Å². The smallest absolute Gasteiger partial charge is 0.292 e. The van der Waals surface area contributed by atoms with Crippen molar-refractivity contribution in [1.82, 2.24) is 9.78 Å². The number of hydrogen-bond acceptors (Lipinski definition) is 3. The third-order valence-electron chi connectivity index (χ3n) is 4.19. The van der Waals surface area contributed by atoms with Crippen LogP contribution < -0.4 is 10.9 Å². The molecule has 0 aliphatic heterocycles. The van der Waals surface area contributed by atoms with Crippen molar-refractivity contribution in [1.29, 1.82) is 0 Å².